The summed E-state index contributed by atoms with van der Waals surface area (Å²) < 4.78 is 47.8. The third-order valence-corrected chi connectivity index (χ3v) is 4.47. The fourth-order valence-corrected chi connectivity index (χ4v) is 2.89. The van der Waals surface area contributed by atoms with E-state index >= 15 is 0 Å². The van der Waals surface area contributed by atoms with Crippen LogP contribution in [0.3, 0.4) is 0 Å². The fraction of sp³-hybridized carbons (Fsp3) is 0.136. The lowest BCUT2D eigenvalue weighted by Gasteiger charge is -2.20. The van der Waals surface area contributed by atoms with Crippen LogP contribution in [0.1, 0.15) is 21.5 Å². The van der Waals surface area contributed by atoms with Crippen molar-refractivity contribution >= 4 is 5.91 Å². The molecule has 0 saturated carbocycles. The van der Waals surface area contributed by atoms with Crippen molar-refractivity contribution in [1.29, 1.82) is 0 Å². The Morgan fingerprint density at radius 1 is 1.03 bits per heavy atom. The molecule has 0 unspecified atom stereocenters. The number of benzene rings is 3. The van der Waals surface area contributed by atoms with Gasteiger partial charge in [-0.1, -0.05) is 42.5 Å². The van der Waals surface area contributed by atoms with Gasteiger partial charge in [0.1, 0.15) is 0 Å². The monoisotopic (exact) mass is 400 g/mol. The van der Waals surface area contributed by atoms with Gasteiger partial charge in [-0.05, 0) is 41.0 Å². The van der Waals surface area contributed by atoms with Crippen molar-refractivity contribution in [2.24, 2.45) is 5.73 Å². The molecule has 0 radical (unpaired) electrons. The van der Waals surface area contributed by atoms with E-state index in [1.807, 2.05) is 6.07 Å². The molecule has 0 aliphatic carbocycles. The summed E-state index contributed by atoms with van der Waals surface area (Å²) in [6, 6.07) is 13.7. The summed E-state index contributed by atoms with van der Waals surface area (Å²) in [5.41, 5.74) is 7.07. The Hall–Kier alpha value is -3.32. The van der Waals surface area contributed by atoms with Gasteiger partial charge < -0.3 is 10.5 Å². The lowest BCUT2D eigenvalue weighted by Crippen LogP contribution is -2.34. The largest absolute Gasteiger partial charge is 0.494 e. The van der Waals surface area contributed by atoms with E-state index in [0.29, 0.717) is 11.1 Å². The van der Waals surface area contributed by atoms with Gasteiger partial charge in [0.2, 0.25) is 5.91 Å². The molecule has 0 aliphatic heterocycles. The van der Waals surface area contributed by atoms with E-state index in [2.05, 4.69) is 5.32 Å². The zero-order valence-electron chi connectivity index (χ0n) is 15.6. The molecular formula is C22H19F3N2O2. The Morgan fingerprint density at radius 3 is 2.38 bits per heavy atom. The predicted molar refractivity (Wildman–Crippen MR) is 104 cm³/mol. The van der Waals surface area contributed by atoms with Gasteiger partial charge in [0.15, 0.2) is 11.6 Å². The summed E-state index contributed by atoms with van der Waals surface area (Å²) in [6.07, 6.45) is 0. The number of primary amides is 1. The van der Waals surface area contributed by atoms with Crippen molar-refractivity contribution in [3.05, 3.63) is 89.2 Å². The summed E-state index contributed by atoms with van der Waals surface area (Å²) in [5, 5.41) is 2.08. The molecule has 0 bridgehead atoms. The summed E-state index contributed by atoms with van der Waals surface area (Å²) >= 11 is 0. The second-order valence-electron chi connectivity index (χ2n) is 6.39. The van der Waals surface area contributed by atoms with Gasteiger partial charge in [-0.25, -0.2) is 9.71 Å². The number of nitrogens with two attached hydrogens (primary N) is 1. The Balaban J connectivity index is 1.73. The molecular weight excluding hydrogens is 381 g/mol. The Bertz CT molecular complexity index is 1020. The maximum Gasteiger partial charge on any atom is 0.332 e. The van der Waals surface area contributed by atoms with Crippen LogP contribution < -0.4 is 15.8 Å². The van der Waals surface area contributed by atoms with E-state index in [1.165, 1.54) is 19.2 Å². The second kappa shape index (κ2) is 8.36. The quantitative estimate of drug-likeness (QED) is 0.577. The molecule has 0 heterocycles. The van der Waals surface area contributed by atoms with Crippen LogP contribution in [0.4, 0.5) is 13.2 Å². The van der Waals surface area contributed by atoms with Crippen molar-refractivity contribution < 1.29 is 22.7 Å². The number of alkyl halides is 2. The first-order valence-corrected chi connectivity index (χ1v) is 8.77. The molecule has 3 aromatic carbocycles. The number of nitrogens with one attached hydrogen (secondary N) is 1. The maximum absolute atomic E-state index is 14.4. The number of hydrogen-bond donors (Lipinski definition) is 2. The first-order chi connectivity index (χ1) is 13.8. The van der Waals surface area contributed by atoms with Crippen LogP contribution in [0.15, 0.2) is 66.7 Å². The van der Waals surface area contributed by atoms with Crippen LogP contribution >= 0.6 is 0 Å². The van der Waals surface area contributed by atoms with Gasteiger partial charge in [-0.2, -0.15) is 8.78 Å². The van der Waals surface area contributed by atoms with Crippen molar-refractivity contribution in [3.63, 3.8) is 0 Å². The highest BCUT2D eigenvalue weighted by Gasteiger charge is 2.35. The van der Waals surface area contributed by atoms with Crippen LogP contribution in [0.2, 0.25) is 0 Å². The number of carbonyl (C=O) groups is 1. The second-order valence-corrected chi connectivity index (χ2v) is 6.39. The number of halogens is 3. The molecule has 0 fully saturated rings. The van der Waals surface area contributed by atoms with Crippen LogP contribution in [-0.4, -0.2) is 13.0 Å². The van der Waals surface area contributed by atoms with E-state index in [4.69, 9.17) is 10.5 Å². The van der Waals surface area contributed by atoms with Crippen molar-refractivity contribution in [1.82, 2.24) is 5.32 Å². The van der Waals surface area contributed by atoms with Crippen molar-refractivity contribution in [3.8, 4) is 16.9 Å². The topological polar surface area (TPSA) is 64.3 Å². The fourth-order valence-electron chi connectivity index (χ4n) is 2.89. The van der Waals surface area contributed by atoms with Crippen molar-refractivity contribution in [2.75, 3.05) is 7.11 Å². The molecule has 150 valence electrons. The van der Waals surface area contributed by atoms with Gasteiger partial charge in [-0.15, -0.1) is 0 Å². The lowest BCUT2D eigenvalue weighted by molar-refractivity contribution is -0.0466. The minimum absolute atomic E-state index is 0.175. The van der Waals surface area contributed by atoms with E-state index in [9.17, 15) is 18.0 Å². The van der Waals surface area contributed by atoms with Crippen LogP contribution in [0.5, 0.6) is 5.75 Å². The van der Waals surface area contributed by atoms with Gasteiger partial charge in [0, 0.05) is 12.1 Å². The lowest BCUT2D eigenvalue weighted by atomic mass is 10.0. The van der Waals surface area contributed by atoms with Gasteiger partial charge in [0.25, 0.3) is 0 Å². The summed E-state index contributed by atoms with van der Waals surface area (Å²) in [6.45, 7) is -0.175. The number of amides is 1. The minimum Gasteiger partial charge on any atom is -0.494 e. The molecule has 0 spiro atoms. The summed E-state index contributed by atoms with van der Waals surface area (Å²) in [4.78, 5) is 11.3. The third-order valence-electron chi connectivity index (χ3n) is 4.47. The van der Waals surface area contributed by atoms with Gasteiger partial charge in [-0.3, -0.25) is 4.79 Å². The highest BCUT2D eigenvalue weighted by atomic mass is 19.3. The first-order valence-electron chi connectivity index (χ1n) is 8.77. The molecule has 1 amide bonds. The average Bonchev–Trinajstić information content (AvgIpc) is 2.73. The molecule has 0 atom stereocenters. The highest BCUT2D eigenvalue weighted by molar-refractivity contribution is 5.94. The number of carbonyl (C=O) groups excluding carboxylic acids is 1. The van der Waals surface area contributed by atoms with Gasteiger partial charge in [0.05, 0.1) is 12.7 Å². The maximum atomic E-state index is 14.4. The van der Waals surface area contributed by atoms with E-state index in [1.54, 1.807) is 42.5 Å². The predicted octanol–water partition coefficient (Wildman–Crippen LogP) is 4.44. The number of ether oxygens (including phenoxy) is 1. The summed E-state index contributed by atoms with van der Waals surface area (Å²) in [5.74, 6) is -1.87. The van der Waals surface area contributed by atoms with Crippen LogP contribution in [0.25, 0.3) is 11.1 Å². The zero-order chi connectivity index (χ0) is 21.0. The molecule has 3 rings (SSSR count). The first kappa shape index (κ1) is 20.4. The van der Waals surface area contributed by atoms with E-state index in [-0.39, 0.29) is 12.3 Å². The Labute approximate surface area is 166 Å². The molecule has 0 saturated heterocycles. The molecule has 29 heavy (non-hydrogen) atoms. The van der Waals surface area contributed by atoms with E-state index < -0.39 is 23.3 Å². The number of methoxy groups -OCH3 is 1. The normalized spacial score (nSPS) is 11.3. The van der Waals surface area contributed by atoms with E-state index in [0.717, 1.165) is 17.2 Å². The average molecular weight is 400 g/mol. The molecule has 3 N–H and O–H groups in total. The highest BCUT2D eigenvalue weighted by Crippen LogP contribution is 2.32. The number of rotatable bonds is 7. The molecule has 3 aromatic rings. The van der Waals surface area contributed by atoms with Crippen LogP contribution in [-0.2, 0) is 12.6 Å². The Kier molecular flexibility index (Phi) is 5.89. The molecule has 4 nitrogen and oxygen atoms in total. The van der Waals surface area contributed by atoms with Gasteiger partial charge >= 0.3 is 6.05 Å². The SMILES string of the molecule is COc1cccc(C(F)(F)NCc2ccc(-c3cccc(C(N)=O)c3)cc2)c1F. The Morgan fingerprint density at radius 2 is 1.72 bits per heavy atom. The summed E-state index contributed by atoms with van der Waals surface area (Å²) in [7, 11) is 1.22. The zero-order valence-corrected chi connectivity index (χ0v) is 15.6. The molecule has 0 aromatic heterocycles. The molecule has 7 heteroatoms. The number of hydrogen-bond acceptors (Lipinski definition) is 3. The minimum atomic E-state index is -3.58. The smallest absolute Gasteiger partial charge is 0.332 e. The molecule has 0 aliphatic rings. The van der Waals surface area contributed by atoms with Crippen LogP contribution in [0, 0.1) is 5.82 Å². The van der Waals surface area contributed by atoms with Crippen molar-refractivity contribution in [2.45, 2.75) is 12.6 Å². The third kappa shape index (κ3) is 4.57. The standard InChI is InChI=1S/C22H19F3N2O2/c1-29-19-7-3-6-18(20(19)23)22(24,25)27-13-14-8-10-15(11-9-14)16-4-2-5-17(12-16)21(26)28/h2-12,27H,13H2,1H3,(H2,26,28).